The summed E-state index contributed by atoms with van der Waals surface area (Å²) in [7, 11) is 0. The van der Waals surface area contributed by atoms with Crippen molar-refractivity contribution in [1.82, 2.24) is 0 Å². The number of benzene rings is 1. The van der Waals surface area contributed by atoms with Gasteiger partial charge in [-0.2, -0.15) is 0 Å². The van der Waals surface area contributed by atoms with Crippen molar-refractivity contribution in [3.63, 3.8) is 0 Å². The summed E-state index contributed by atoms with van der Waals surface area (Å²) >= 11 is 0. The van der Waals surface area contributed by atoms with Crippen LogP contribution in [0.5, 0.6) is 0 Å². The van der Waals surface area contributed by atoms with Crippen LogP contribution in [0.2, 0.25) is 0 Å². The van der Waals surface area contributed by atoms with Gasteiger partial charge in [-0.3, -0.25) is 4.79 Å². The summed E-state index contributed by atoms with van der Waals surface area (Å²) in [4.78, 5) is 33.8. The summed E-state index contributed by atoms with van der Waals surface area (Å²) in [6, 6.07) is 4.10. The van der Waals surface area contributed by atoms with E-state index >= 15 is 0 Å². The molecule has 108 valence electrons. The van der Waals surface area contributed by atoms with Gasteiger partial charge in [-0.1, -0.05) is 12.1 Å². The Kier molecular flexibility index (Phi) is 4.26. The molecule has 0 aliphatic carbocycles. The van der Waals surface area contributed by atoms with Crippen LogP contribution in [-0.2, 0) is 9.59 Å². The zero-order chi connectivity index (χ0) is 15.7. The van der Waals surface area contributed by atoms with Gasteiger partial charge in [-0.05, 0) is 31.0 Å². The number of carbonyl (C=O) groups is 3. The second kappa shape index (κ2) is 5.40. The van der Waals surface area contributed by atoms with E-state index < -0.39 is 29.4 Å². The van der Waals surface area contributed by atoms with Crippen molar-refractivity contribution in [3.05, 3.63) is 34.9 Å². The van der Waals surface area contributed by atoms with Crippen LogP contribution in [0.3, 0.4) is 0 Å². The monoisotopic (exact) mass is 282 g/mol. The number of Topliss-reactive ketones (excluding diaryl/α,β-unsaturated/α-hetero) is 1. The van der Waals surface area contributed by atoms with Gasteiger partial charge in [0.2, 0.25) is 5.78 Å². The van der Waals surface area contributed by atoms with E-state index in [0.717, 1.165) is 5.56 Å². The van der Waals surface area contributed by atoms with Crippen molar-refractivity contribution >= 4 is 17.7 Å². The van der Waals surface area contributed by atoms with Crippen LogP contribution in [-0.4, -0.2) is 49.9 Å². The molecular weight excluding hydrogens is 268 g/mol. The quantitative estimate of drug-likeness (QED) is 0.432. The van der Waals surface area contributed by atoms with E-state index in [1.54, 1.807) is 13.8 Å². The van der Waals surface area contributed by atoms with Crippen LogP contribution in [0.4, 0.5) is 0 Å². The highest BCUT2D eigenvalue weighted by Gasteiger charge is 2.54. The molecule has 0 unspecified atom stereocenters. The average molecular weight is 282 g/mol. The number of aliphatic carboxylic acids is 2. The number of hydrogen-bond acceptors (Lipinski definition) is 5. The Morgan fingerprint density at radius 1 is 1.10 bits per heavy atom. The van der Waals surface area contributed by atoms with Crippen LogP contribution in [0.25, 0.3) is 0 Å². The molecule has 7 heteroatoms. The largest absolute Gasteiger partial charge is 0.479 e. The van der Waals surface area contributed by atoms with Gasteiger partial charge in [0.05, 0.1) is 0 Å². The third kappa shape index (κ3) is 2.54. The molecule has 2 atom stereocenters. The second-order valence-corrected chi connectivity index (χ2v) is 4.44. The van der Waals surface area contributed by atoms with E-state index in [1.165, 1.54) is 18.2 Å². The first-order chi connectivity index (χ1) is 9.12. The summed E-state index contributed by atoms with van der Waals surface area (Å²) < 4.78 is 0. The molecule has 0 amide bonds. The van der Waals surface area contributed by atoms with Crippen molar-refractivity contribution in [3.8, 4) is 0 Å². The predicted octanol–water partition coefficient (Wildman–Crippen LogP) is -0.253. The van der Waals surface area contributed by atoms with Gasteiger partial charge >= 0.3 is 11.9 Å². The lowest BCUT2D eigenvalue weighted by Crippen LogP contribution is -2.58. The smallest absolute Gasteiger partial charge is 0.347 e. The lowest BCUT2D eigenvalue weighted by atomic mass is 9.86. The maximum absolute atomic E-state index is 12.1. The molecule has 1 rings (SSSR count). The fraction of sp³-hybridized carbons (Fsp3) is 0.308. The number of aliphatic hydroxyl groups is 2. The third-order valence-corrected chi connectivity index (χ3v) is 3.07. The Balaban J connectivity index is 3.35. The molecule has 0 aliphatic rings. The molecule has 0 radical (unpaired) electrons. The standard InChI is InChI=1S/C13H14O7/c1-6-3-4-8(5-7(6)2)9(14)13(20,12(18)19)10(15)11(16)17/h3-5,10,15,20H,1-2H3,(H,16,17)(H,18,19)/t10-,13+/m1/s1. The molecule has 0 heterocycles. The molecule has 0 spiro atoms. The number of rotatable bonds is 5. The van der Waals surface area contributed by atoms with Crippen molar-refractivity contribution in [2.24, 2.45) is 0 Å². The van der Waals surface area contributed by atoms with Gasteiger partial charge in [-0.15, -0.1) is 0 Å². The predicted molar refractivity (Wildman–Crippen MR) is 66.5 cm³/mol. The molecule has 4 N–H and O–H groups in total. The number of carbonyl (C=O) groups excluding carboxylic acids is 1. The minimum atomic E-state index is -3.44. The fourth-order valence-corrected chi connectivity index (χ4v) is 1.62. The van der Waals surface area contributed by atoms with Crippen molar-refractivity contribution in [2.45, 2.75) is 25.6 Å². The zero-order valence-corrected chi connectivity index (χ0v) is 10.8. The van der Waals surface area contributed by atoms with E-state index in [0.29, 0.717) is 5.56 Å². The lowest BCUT2D eigenvalue weighted by Gasteiger charge is -2.24. The summed E-state index contributed by atoms with van der Waals surface area (Å²) in [6.07, 6.45) is -2.77. The van der Waals surface area contributed by atoms with Crippen molar-refractivity contribution in [1.29, 1.82) is 0 Å². The van der Waals surface area contributed by atoms with Crippen LogP contribution in [0.15, 0.2) is 18.2 Å². The number of aliphatic hydroxyl groups excluding tert-OH is 1. The number of carboxylic acids is 2. The molecule has 20 heavy (non-hydrogen) atoms. The SMILES string of the molecule is Cc1ccc(C(=O)[C@@](O)(C(=O)O)[C@H](O)C(=O)O)cc1C. The van der Waals surface area contributed by atoms with E-state index in [9.17, 15) is 24.6 Å². The molecule has 0 aromatic heterocycles. The highest BCUT2D eigenvalue weighted by molar-refractivity contribution is 6.17. The fourth-order valence-electron chi connectivity index (χ4n) is 1.62. The number of aryl methyl sites for hydroxylation is 2. The molecule has 0 saturated carbocycles. The van der Waals surface area contributed by atoms with E-state index in [4.69, 9.17) is 10.2 Å². The normalized spacial score (nSPS) is 15.2. The summed E-state index contributed by atoms with van der Waals surface area (Å²) in [6.45, 7) is 3.43. The molecular formula is C13H14O7. The van der Waals surface area contributed by atoms with Gasteiger partial charge in [0.25, 0.3) is 5.60 Å². The topological polar surface area (TPSA) is 132 Å². The first kappa shape index (κ1) is 15.8. The third-order valence-electron chi connectivity index (χ3n) is 3.07. The number of hydrogen-bond donors (Lipinski definition) is 4. The van der Waals surface area contributed by atoms with E-state index in [-0.39, 0.29) is 5.56 Å². The Bertz CT molecular complexity index is 578. The second-order valence-electron chi connectivity index (χ2n) is 4.44. The molecule has 0 bridgehead atoms. The Labute approximate surface area is 114 Å². The maximum atomic E-state index is 12.1. The average Bonchev–Trinajstić information content (AvgIpc) is 2.38. The minimum Gasteiger partial charge on any atom is -0.479 e. The first-order valence-electron chi connectivity index (χ1n) is 5.61. The van der Waals surface area contributed by atoms with Crippen molar-refractivity contribution in [2.75, 3.05) is 0 Å². The number of carboxylic acid groups (broad SMARTS) is 2. The maximum Gasteiger partial charge on any atom is 0.347 e. The molecule has 0 saturated heterocycles. The van der Waals surface area contributed by atoms with Gasteiger partial charge in [0, 0.05) is 5.56 Å². The Morgan fingerprint density at radius 3 is 2.05 bits per heavy atom. The van der Waals surface area contributed by atoms with Crippen LogP contribution >= 0.6 is 0 Å². The molecule has 1 aromatic carbocycles. The van der Waals surface area contributed by atoms with Crippen LogP contribution < -0.4 is 0 Å². The van der Waals surface area contributed by atoms with E-state index in [1.807, 2.05) is 0 Å². The highest BCUT2D eigenvalue weighted by atomic mass is 16.4. The van der Waals surface area contributed by atoms with Crippen molar-refractivity contribution < 1.29 is 34.8 Å². The summed E-state index contributed by atoms with van der Waals surface area (Å²) in [5.41, 5.74) is -2.14. The van der Waals surface area contributed by atoms with Gasteiger partial charge in [0.15, 0.2) is 6.10 Å². The minimum absolute atomic E-state index is 0.196. The lowest BCUT2D eigenvalue weighted by molar-refractivity contribution is -0.175. The van der Waals surface area contributed by atoms with Gasteiger partial charge < -0.3 is 20.4 Å². The van der Waals surface area contributed by atoms with E-state index in [2.05, 4.69) is 0 Å². The summed E-state index contributed by atoms with van der Waals surface area (Å²) in [5, 5.41) is 36.7. The van der Waals surface area contributed by atoms with Crippen LogP contribution in [0, 0.1) is 13.8 Å². The van der Waals surface area contributed by atoms with Gasteiger partial charge in [-0.25, -0.2) is 9.59 Å². The van der Waals surface area contributed by atoms with Gasteiger partial charge in [0.1, 0.15) is 0 Å². The molecule has 0 fully saturated rings. The summed E-state index contributed by atoms with van der Waals surface area (Å²) in [5.74, 6) is -5.52. The Hall–Kier alpha value is -2.25. The molecule has 7 nitrogen and oxygen atoms in total. The zero-order valence-electron chi connectivity index (χ0n) is 10.8. The Morgan fingerprint density at radius 2 is 1.65 bits per heavy atom. The molecule has 1 aromatic rings. The highest BCUT2D eigenvalue weighted by Crippen LogP contribution is 2.21. The number of ketones is 1. The molecule has 0 aliphatic heterocycles. The first-order valence-corrected chi connectivity index (χ1v) is 5.61. The van der Waals surface area contributed by atoms with Crippen LogP contribution in [0.1, 0.15) is 21.5 Å².